The Morgan fingerprint density at radius 3 is 2.57 bits per heavy atom. The van der Waals surface area contributed by atoms with E-state index in [9.17, 15) is 10.2 Å². The van der Waals surface area contributed by atoms with Crippen LogP contribution in [0, 0.1) is 5.41 Å². The Morgan fingerprint density at radius 1 is 1.19 bits per heavy atom. The van der Waals surface area contributed by atoms with Gasteiger partial charge in [0.1, 0.15) is 5.75 Å². The lowest BCUT2D eigenvalue weighted by molar-refractivity contribution is 0.181. The van der Waals surface area contributed by atoms with Gasteiger partial charge in [-0.2, -0.15) is 0 Å². The largest absolute Gasteiger partial charge is 0.508 e. The van der Waals surface area contributed by atoms with Crippen molar-refractivity contribution in [1.29, 1.82) is 0 Å². The van der Waals surface area contributed by atoms with Gasteiger partial charge in [-0.15, -0.1) is 0 Å². The summed E-state index contributed by atoms with van der Waals surface area (Å²) in [4.78, 5) is 0. The molecular formula is C19H26O2. The average molecular weight is 286 g/mol. The molecule has 0 radical (unpaired) electrons. The number of aliphatic hydroxyl groups is 1. The Labute approximate surface area is 127 Å². The molecule has 0 saturated heterocycles. The first-order chi connectivity index (χ1) is 9.81. The van der Waals surface area contributed by atoms with Crippen LogP contribution in [0.15, 0.2) is 17.7 Å². The Bertz CT molecular complexity index is 608. The summed E-state index contributed by atoms with van der Waals surface area (Å²) in [6, 6.07) is 4.04. The van der Waals surface area contributed by atoms with Gasteiger partial charge in [0.05, 0.1) is 6.10 Å². The van der Waals surface area contributed by atoms with Crippen molar-refractivity contribution in [2.24, 2.45) is 5.41 Å². The Hall–Kier alpha value is -1.28. The van der Waals surface area contributed by atoms with Gasteiger partial charge in [0.2, 0.25) is 0 Å². The van der Waals surface area contributed by atoms with E-state index >= 15 is 0 Å². The fraction of sp³-hybridized carbons (Fsp3) is 0.579. The summed E-state index contributed by atoms with van der Waals surface area (Å²) < 4.78 is 0. The standard InChI is InChI=1S/C19H26O2/c1-11(2)13-9-12-5-6-15-18(14(12)10-17(13)21)16(20)7-8-19(15,3)4/h9-11,16,20-21H,5-8H2,1-4H3. The molecule has 21 heavy (non-hydrogen) atoms. The normalized spacial score (nSPS) is 24.0. The molecular weight excluding hydrogens is 260 g/mol. The van der Waals surface area contributed by atoms with Crippen LogP contribution in [0.25, 0.3) is 5.57 Å². The summed E-state index contributed by atoms with van der Waals surface area (Å²) in [5.41, 5.74) is 6.04. The van der Waals surface area contributed by atoms with Crippen molar-refractivity contribution in [3.05, 3.63) is 34.4 Å². The molecule has 3 rings (SSSR count). The number of benzene rings is 1. The highest BCUT2D eigenvalue weighted by molar-refractivity contribution is 5.78. The van der Waals surface area contributed by atoms with Gasteiger partial charge in [0.15, 0.2) is 0 Å². The van der Waals surface area contributed by atoms with Crippen LogP contribution in [0.4, 0.5) is 0 Å². The first-order valence-electron chi connectivity index (χ1n) is 8.09. The van der Waals surface area contributed by atoms with Crippen molar-refractivity contribution in [3.8, 4) is 5.75 Å². The van der Waals surface area contributed by atoms with E-state index in [1.165, 1.54) is 11.1 Å². The third kappa shape index (κ3) is 2.30. The molecule has 1 unspecified atom stereocenters. The first-order valence-corrected chi connectivity index (χ1v) is 8.09. The number of aryl methyl sites for hydroxylation is 1. The molecule has 2 aliphatic rings. The molecule has 0 spiro atoms. The topological polar surface area (TPSA) is 40.5 Å². The van der Waals surface area contributed by atoms with Crippen LogP contribution in [-0.2, 0) is 6.42 Å². The zero-order chi connectivity index (χ0) is 15.4. The Morgan fingerprint density at radius 2 is 1.90 bits per heavy atom. The van der Waals surface area contributed by atoms with E-state index in [1.807, 2.05) is 6.07 Å². The number of aliphatic hydroxyl groups excluding tert-OH is 1. The molecule has 0 amide bonds. The third-order valence-electron chi connectivity index (χ3n) is 5.33. The average Bonchev–Trinajstić information content (AvgIpc) is 2.41. The maximum atomic E-state index is 10.5. The molecule has 2 aliphatic carbocycles. The minimum atomic E-state index is -0.378. The molecule has 0 aromatic heterocycles. The SMILES string of the molecule is CC(C)c1cc2c(cc1O)C1=C(CC2)C(C)(C)CCC1O. The molecule has 1 aromatic rings. The third-order valence-corrected chi connectivity index (χ3v) is 5.33. The van der Waals surface area contributed by atoms with Crippen molar-refractivity contribution in [2.75, 3.05) is 0 Å². The van der Waals surface area contributed by atoms with E-state index in [2.05, 4.69) is 33.8 Å². The molecule has 114 valence electrons. The van der Waals surface area contributed by atoms with Crippen LogP contribution < -0.4 is 0 Å². The highest BCUT2D eigenvalue weighted by atomic mass is 16.3. The van der Waals surface area contributed by atoms with Gasteiger partial charge >= 0.3 is 0 Å². The van der Waals surface area contributed by atoms with Gasteiger partial charge in [-0.1, -0.05) is 39.3 Å². The lowest BCUT2D eigenvalue weighted by Crippen LogP contribution is -2.30. The quantitative estimate of drug-likeness (QED) is 0.803. The number of phenols is 1. The lowest BCUT2D eigenvalue weighted by atomic mass is 9.65. The number of phenolic OH excluding ortho intramolecular Hbond substituents is 1. The van der Waals surface area contributed by atoms with Gasteiger partial charge in [0.25, 0.3) is 0 Å². The van der Waals surface area contributed by atoms with Crippen LogP contribution >= 0.6 is 0 Å². The monoisotopic (exact) mass is 286 g/mol. The second-order valence-corrected chi connectivity index (χ2v) is 7.55. The van der Waals surface area contributed by atoms with Crippen molar-refractivity contribution in [3.63, 3.8) is 0 Å². The summed E-state index contributed by atoms with van der Waals surface area (Å²) in [6.07, 6.45) is 3.53. The molecule has 0 bridgehead atoms. The zero-order valence-electron chi connectivity index (χ0n) is 13.5. The first kappa shape index (κ1) is 14.6. The highest BCUT2D eigenvalue weighted by Gasteiger charge is 2.37. The van der Waals surface area contributed by atoms with Crippen molar-refractivity contribution >= 4 is 5.57 Å². The van der Waals surface area contributed by atoms with E-state index in [-0.39, 0.29) is 11.5 Å². The number of hydrogen-bond acceptors (Lipinski definition) is 2. The molecule has 2 N–H and O–H groups in total. The van der Waals surface area contributed by atoms with Gasteiger partial charge in [-0.25, -0.2) is 0 Å². The minimum absolute atomic E-state index is 0.165. The van der Waals surface area contributed by atoms with E-state index in [0.29, 0.717) is 11.7 Å². The second kappa shape index (κ2) is 4.88. The van der Waals surface area contributed by atoms with E-state index in [4.69, 9.17) is 0 Å². The lowest BCUT2D eigenvalue weighted by Gasteiger charge is -2.41. The van der Waals surface area contributed by atoms with E-state index in [1.54, 1.807) is 0 Å². The molecule has 2 heteroatoms. The highest BCUT2D eigenvalue weighted by Crippen LogP contribution is 2.50. The van der Waals surface area contributed by atoms with Gasteiger partial charge in [-0.3, -0.25) is 0 Å². The number of hydrogen-bond donors (Lipinski definition) is 2. The Balaban J connectivity index is 2.19. The molecule has 0 aliphatic heterocycles. The van der Waals surface area contributed by atoms with Crippen LogP contribution in [0.5, 0.6) is 5.75 Å². The Kier molecular flexibility index (Phi) is 3.40. The van der Waals surface area contributed by atoms with Crippen molar-refractivity contribution in [2.45, 2.75) is 65.4 Å². The van der Waals surface area contributed by atoms with Crippen molar-refractivity contribution in [1.82, 2.24) is 0 Å². The fourth-order valence-electron chi connectivity index (χ4n) is 4.01. The van der Waals surface area contributed by atoms with Crippen LogP contribution in [0.2, 0.25) is 0 Å². The maximum absolute atomic E-state index is 10.5. The van der Waals surface area contributed by atoms with Crippen LogP contribution in [-0.4, -0.2) is 16.3 Å². The number of rotatable bonds is 1. The van der Waals surface area contributed by atoms with Gasteiger partial charge in [-0.05, 0) is 65.3 Å². The summed E-state index contributed by atoms with van der Waals surface area (Å²) in [6.45, 7) is 8.77. The van der Waals surface area contributed by atoms with Crippen LogP contribution in [0.1, 0.15) is 69.6 Å². The zero-order valence-corrected chi connectivity index (χ0v) is 13.5. The fourth-order valence-corrected chi connectivity index (χ4v) is 4.01. The van der Waals surface area contributed by atoms with Crippen molar-refractivity contribution < 1.29 is 10.2 Å². The molecule has 0 heterocycles. The predicted molar refractivity (Wildman–Crippen MR) is 86.5 cm³/mol. The van der Waals surface area contributed by atoms with Gasteiger partial charge < -0.3 is 10.2 Å². The predicted octanol–water partition coefficient (Wildman–Crippen LogP) is 4.40. The molecule has 0 saturated carbocycles. The maximum Gasteiger partial charge on any atom is 0.119 e. The summed E-state index contributed by atoms with van der Waals surface area (Å²) >= 11 is 0. The molecule has 1 aromatic carbocycles. The van der Waals surface area contributed by atoms with Gasteiger partial charge in [0, 0.05) is 0 Å². The number of allylic oxidation sites excluding steroid dienone is 1. The molecule has 2 nitrogen and oxygen atoms in total. The smallest absolute Gasteiger partial charge is 0.119 e. The summed E-state index contributed by atoms with van der Waals surface area (Å²) in [7, 11) is 0. The summed E-state index contributed by atoms with van der Waals surface area (Å²) in [5, 5.41) is 20.9. The number of aromatic hydroxyl groups is 1. The van der Waals surface area contributed by atoms with E-state index in [0.717, 1.165) is 42.4 Å². The number of fused-ring (bicyclic) bond motifs is 2. The van der Waals surface area contributed by atoms with Crippen LogP contribution in [0.3, 0.4) is 0 Å². The molecule has 1 atom stereocenters. The second-order valence-electron chi connectivity index (χ2n) is 7.55. The van der Waals surface area contributed by atoms with E-state index < -0.39 is 0 Å². The molecule has 0 fully saturated rings. The summed E-state index contributed by atoms with van der Waals surface area (Å²) in [5.74, 6) is 0.687. The minimum Gasteiger partial charge on any atom is -0.508 e.